The summed E-state index contributed by atoms with van der Waals surface area (Å²) in [6, 6.07) is 7.06. The van der Waals surface area contributed by atoms with E-state index in [9.17, 15) is 4.39 Å². The zero-order valence-electron chi connectivity index (χ0n) is 12.9. The number of rotatable bonds is 10. The van der Waals surface area contributed by atoms with Crippen molar-refractivity contribution in [2.45, 2.75) is 26.3 Å². The third-order valence-corrected chi connectivity index (χ3v) is 3.32. The van der Waals surface area contributed by atoms with Crippen LogP contribution in [0.3, 0.4) is 0 Å². The summed E-state index contributed by atoms with van der Waals surface area (Å²) in [5.41, 5.74) is 1.02. The monoisotopic (exact) mass is 282 g/mol. The van der Waals surface area contributed by atoms with E-state index < -0.39 is 0 Å². The molecule has 0 fully saturated rings. The fourth-order valence-electron chi connectivity index (χ4n) is 2.18. The highest BCUT2D eigenvalue weighted by Crippen LogP contribution is 2.18. The van der Waals surface area contributed by atoms with E-state index in [4.69, 9.17) is 4.74 Å². The van der Waals surface area contributed by atoms with Gasteiger partial charge in [-0.05, 0) is 51.2 Å². The second kappa shape index (κ2) is 9.86. The van der Waals surface area contributed by atoms with Gasteiger partial charge in [0, 0.05) is 19.2 Å². The summed E-state index contributed by atoms with van der Waals surface area (Å²) >= 11 is 0. The van der Waals surface area contributed by atoms with Crippen molar-refractivity contribution in [1.82, 2.24) is 10.2 Å². The molecule has 1 unspecified atom stereocenters. The van der Waals surface area contributed by atoms with Crippen molar-refractivity contribution in [3.8, 4) is 0 Å². The van der Waals surface area contributed by atoms with E-state index >= 15 is 0 Å². The number of hydrogen-bond donors (Lipinski definition) is 1. The summed E-state index contributed by atoms with van der Waals surface area (Å²) in [4.78, 5) is 2.25. The Morgan fingerprint density at radius 3 is 2.75 bits per heavy atom. The van der Waals surface area contributed by atoms with Crippen molar-refractivity contribution in [2.75, 3.05) is 39.9 Å². The highest BCUT2D eigenvalue weighted by molar-refractivity contribution is 5.20. The quantitative estimate of drug-likeness (QED) is 0.668. The molecule has 114 valence electrons. The molecule has 0 aromatic heterocycles. The summed E-state index contributed by atoms with van der Waals surface area (Å²) in [5, 5.41) is 3.42. The maximum absolute atomic E-state index is 13.3. The fraction of sp³-hybridized carbons (Fsp3) is 0.625. The lowest BCUT2D eigenvalue weighted by Crippen LogP contribution is -2.29. The van der Waals surface area contributed by atoms with Crippen LogP contribution in [-0.4, -0.2) is 44.8 Å². The number of nitrogens with zero attached hydrogens (tertiary/aromatic N) is 1. The SMILES string of the molecule is CCNC(CCN(C)CCOCC)c1cccc(F)c1. The normalized spacial score (nSPS) is 12.8. The van der Waals surface area contributed by atoms with Gasteiger partial charge in [-0.1, -0.05) is 19.1 Å². The number of benzene rings is 1. The summed E-state index contributed by atoms with van der Waals surface area (Å²) in [6.07, 6.45) is 0.958. The minimum atomic E-state index is -0.171. The van der Waals surface area contributed by atoms with Gasteiger partial charge in [0.05, 0.1) is 6.61 Å². The molecule has 1 rings (SSSR count). The Morgan fingerprint density at radius 1 is 1.30 bits per heavy atom. The van der Waals surface area contributed by atoms with Crippen LogP contribution in [0, 0.1) is 5.82 Å². The minimum absolute atomic E-state index is 0.171. The molecule has 4 heteroatoms. The second-order valence-electron chi connectivity index (χ2n) is 4.95. The van der Waals surface area contributed by atoms with Gasteiger partial charge in [-0.15, -0.1) is 0 Å². The van der Waals surface area contributed by atoms with Gasteiger partial charge in [0.15, 0.2) is 0 Å². The van der Waals surface area contributed by atoms with E-state index in [0.29, 0.717) is 0 Å². The lowest BCUT2D eigenvalue weighted by Gasteiger charge is -2.22. The molecule has 1 aromatic rings. The number of likely N-dealkylation sites (N-methyl/N-ethyl adjacent to an activating group) is 1. The zero-order valence-corrected chi connectivity index (χ0v) is 12.9. The molecule has 0 aliphatic carbocycles. The molecular weight excluding hydrogens is 255 g/mol. The average molecular weight is 282 g/mol. The van der Waals surface area contributed by atoms with Crippen LogP contribution < -0.4 is 5.32 Å². The maximum atomic E-state index is 13.3. The molecule has 3 nitrogen and oxygen atoms in total. The van der Waals surface area contributed by atoms with E-state index in [1.54, 1.807) is 12.1 Å². The molecule has 20 heavy (non-hydrogen) atoms. The van der Waals surface area contributed by atoms with Gasteiger partial charge in [-0.3, -0.25) is 0 Å². The lowest BCUT2D eigenvalue weighted by molar-refractivity contribution is 0.121. The van der Waals surface area contributed by atoms with Gasteiger partial charge in [0.25, 0.3) is 0 Å². The Kier molecular flexibility index (Phi) is 8.42. The van der Waals surface area contributed by atoms with Crippen molar-refractivity contribution in [3.63, 3.8) is 0 Å². The first-order valence-electron chi connectivity index (χ1n) is 7.42. The van der Waals surface area contributed by atoms with Crippen LogP contribution in [0.4, 0.5) is 4.39 Å². The first-order chi connectivity index (χ1) is 9.67. The molecule has 0 bridgehead atoms. The largest absolute Gasteiger partial charge is 0.380 e. The molecule has 0 amide bonds. The Balaban J connectivity index is 2.46. The van der Waals surface area contributed by atoms with E-state index in [1.165, 1.54) is 6.07 Å². The second-order valence-corrected chi connectivity index (χ2v) is 4.95. The maximum Gasteiger partial charge on any atom is 0.123 e. The minimum Gasteiger partial charge on any atom is -0.380 e. The average Bonchev–Trinajstić information content (AvgIpc) is 2.43. The van der Waals surface area contributed by atoms with E-state index in [0.717, 1.165) is 44.8 Å². The topological polar surface area (TPSA) is 24.5 Å². The fourth-order valence-corrected chi connectivity index (χ4v) is 2.18. The molecule has 0 saturated carbocycles. The van der Waals surface area contributed by atoms with Crippen LogP contribution >= 0.6 is 0 Å². The molecule has 1 atom stereocenters. The Hall–Kier alpha value is -0.970. The van der Waals surface area contributed by atoms with Gasteiger partial charge < -0.3 is 15.0 Å². The van der Waals surface area contributed by atoms with Crippen LogP contribution in [0.1, 0.15) is 31.9 Å². The van der Waals surface area contributed by atoms with Crippen molar-refractivity contribution in [2.24, 2.45) is 0 Å². The summed E-state index contributed by atoms with van der Waals surface area (Å²) in [6.45, 7) is 8.37. The Bertz CT molecular complexity index is 373. The summed E-state index contributed by atoms with van der Waals surface area (Å²) in [7, 11) is 2.09. The molecule has 0 heterocycles. The third-order valence-electron chi connectivity index (χ3n) is 3.32. The van der Waals surface area contributed by atoms with Crippen LogP contribution in [0.5, 0.6) is 0 Å². The highest BCUT2D eigenvalue weighted by Gasteiger charge is 2.12. The number of nitrogens with one attached hydrogen (secondary N) is 1. The van der Waals surface area contributed by atoms with E-state index in [2.05, 4.69) is 24.2 Å². The summed E-state index contributed by atoms with van der Waals surface area (Å²) < 4.78 is 18.7. The molecule has 0 radical (unpaired) electrons. The molecule has 0 aliphatic heterocycles. The third kappa shape index (κ3) is 6.46. The van der Waals surface area contributed by atoms with Gasteiger partial charge in [-0.2, -0.15) is 0 Å². The van der Waals surface area contributed by atoms with Crippen LogP contribution in [0.15, 0.2) is 24.3 Å². The van der Waals surface area contributed by atoms with Crippen LogP contribution in [-0.2, 0) is 4.74 Å². The predicted octanol–water partition coefficient (Wildman–Crippen LogP) is 2.83. The number of ether oxygens (including phenoxy) is 1. The Labute approximate surface area is 122 Å². The standard InChI is InChI=1S/C16H27FN2O/c1-4-18-16(14-7-6-8-15(17)13-14)9-10-19(3)11-12-20-5-2/h6-8,13,16,18H,4-5,9-12H2,1-3H3. The van der Waals surface area contributed by atoms with Crippen molar-refractivity contribution < 1.29 is 9.13 Å². The smallest absolute Gasteiger partial charge is 0.123 e. The van der Waals surface area contributed by atoms with Crippen molar-refractivity contribution >= 4 is 0 Å². The molecule has 0 aliphatic rings. The first-order valence-corrected chi connectivity index (χ1v) is 7.42. The van der Waals surface area contributed by atoms with Crippen LogP contribution in [0.25, 0.3) is 0 Å². The van der Waals surface area contributed by atoms with Crippen molar-refractivity contribution in [3.05, 3.63) is 35.6 Å². The molecule has 0 spiro atoms. The summed E-state index contributed by atoms with van der Waals surface area (Å²) in [5.74, 6) is -0.171. The molecule has 0 saturated heterocycles. The lowest BCUT2D eigenvalue weighted by atomic mass is 10.0. The van der Waals surface area contributed by atoms with Gasteiger partial charge >= 0.3 is 0 Å². The molecule has 1 N–H and O–H groups in total. The van der Waals surface area contributed by atoms with Gasteiger partial charge in [0.2, 0.25) is 0 Å². The predicted molar refractivity (Wildman–Crippen MR) is 81.4 cm³/mol. The van der Waals surface area contributed by atoms with E-state index in [1.807, 2.05) is 13.0 Å². The van der Waals surface area contributed by atoms with Gasteiger partial charge in [-0.25, -0.2) is 4.39 Å². The van der Waals surface area contributed by atoms with Gasteiger partial charge in [0.1, 0.15) is 5.82 Å². The number of halogens is 1. The molecular formula is C16H27FN2O. The number of hydrogen-bond acceptors (Lipinski definition) is 3. The van der Waals surface area contributed by atoms with Crippen molar-refractivity contribution in [1.29, 1.82) is 0 Å². The Morgan fingerprint density at radius 2 is 2.10 bits per heavy atom. The van der Waals surface area contributed by atoms with Crippen LogP contribution in [0.2, 0.25) is 0 Å². The molecule has 1 aromatic carbocycles. The first kappa shape index (κ1) is 17.1. The highest BCUT2D eigenvalue weighted by atomic mass is 19.1. The zero-order chi connectivity index (χ0) is 14.8. The van der Waals surface area contributed by atoms with E-state index in [-0.39, 0.29) is 11.9 Å².